The molecule has 0 saturated carbocycles. The van der Waals surface area contributed by atoms with Crippen LogP contribution in [0.3, 0.4) is 0 Å². The summed E-state index contributed by atoms with van der Waals surface area (Å²) in [5.74, 6) is -2.09. The lowest BCUT2D eigenvalue weighted by Gasteiger charge is -2.21. The molecular formula is C14H16N2O4. The van der Waals surface area contributed by atoms with E-state index in [0.29, 0.717) is 24.0 Å². The van der Waals surface area contributed by atoms with E-state index in [2.05, 4.69) is 5.43 Å². The fraction of sp³-hybridized carbons (Fsp3) is 0.357. The molecular weight excluding hydrogens is 260 g/mol. The number of benzene rings is 1. The molecule has 0 saturated heterocycles. The summed E-state index contributed by atoms with van der Waals surface area (Å²) in [5, 5.41) is 9.94. The average molecular weight is 276 g/mol. The topological polar surface area (TPSA) is 86.7 Å². The SMILES string of the molecule is CCCCC(NN1C(=O)c2ccccc2C1=O)C(=O)O. The predicted octanol–water partition coefficient (Wildman–Crippen LogP) is 1.43. The summed E-state index contributed by atoms with van der Waals surface area (Å²) < 4.78 is 0. The summed E-state index contributed by atoms with van der Waals surface area (Å²) in [6.45, 7) is 1.95. The van der Waals surface area contributed by atoms with Crippen molar-refractivity contribution in [2.24, 2.45) is 0 Å². The Balaban J connectivity index is 2.16. The minimum Gasteiger partial charge on any atom is -0.480 e. The highest BCUT2D eigenvalue weighted by Crippen LogP contribution is 2.21. The monoisotopic (exact) mass is 276 g/mol. The van der Waals surface area contributed by atoms with Gasteiger partial charge in [-0.05, 0) is 18.6 Å². The van der Waals surface area contributed by atoms with E-state index in [-0.39, 0.29) is 0 Å². The molecule has 2 rings (SSSR count). The van der Waals surface area contributed by atoms with Crippen molar-refractivity contribution in [2.75, 3.05) is 0 Å². The lowest BCUT2D eigenvalue weighted by Crippen LogP contribution is -2.51. The lowest BCUT2D eigenvalue weighted by atomic mass is 10.1. The third-order valence-electron chi connectivity index (χ3n) is 3.22. The number of fused-ring (bicyclic) bond motifs is 1. The van der Waals surface area contributed by atoms with E-state index in [1.165, 1.54) is 0 Å². The maximum Gasteiger partial charge on any atom is 0.322 e. The number of hydrazine groups is 1. The molecule has 6 heteroatoms. The fourth-order valence-electron chi connectivity index (χ4n) is 2.11. The van der Waals surface area contributed by atoms with Crippen LogP contribution >= 0.6 is 0 Å². The van der Waals surface area contributed by atoms with Gasteiger partial charge in [0, 0.05) is 0 Å². The van der Waals surface area contributed by atoms with Crippen LogP contribution in [-0.4, -0.2) is 33.9 Å². The van der Waals surface area contributed by atoms with Crippen LogP contribution in [0, 0.1) is 0 Å². The Morgan fingerprint density at radius 2 is 1.80 bits per heavy atom. The molecule has 1 aromatic carbocycles. The zero-order valence-corrected chi connectivity index (χ0v) is 11.1. The largest absolute Gasteiger partial charge is 0.480 e. The van der Waals surface area contributed by atoms with Crippen molar-refractivity contribution in [2.45, 2.75) is 32.2 Å². The van der Waals surface area contributed by atoms with Gasteiger partial charge in [0.1, 0.15) is 6.04 Å². The summed E-state index contributed by atoms with van der Waals surface area (Å²) in [4.78, 5) is 35.3. The number of carboxylic acid groups (broad SMARTS) is 1. The Bertz CT molecular complexity index is 521. The van der Waals surface area contributed by atoms with Gasteiger partial charge in [0.25, 0.3) is 11.8 Å². The third-order valence-corrected chi connectivity index (χ3v) is 3.22. The first-order chi connectivity index (χ1) is 9.56. The molecule has 2 N–H and O–H groups in total. The minimum atomic E-state index is -1.07. The van der Waals surface area contributed by atoms with Crippen LogP contribution in [0.2, 0.25) is 0 Å². The Labute approximate surface area is 116 Å². The number of imide groups is 1. The fourth-order valence-corrected chi connectivity index (χ4v) is 2.11. The van der Waals surface area contributed by atoms with E-state index in [4.69, 9.17) is 5.11 Å². The summed E-state index contributed by atoms with van der Waals surface area (Å²) in [5.41, 5.74) is 3.12. The van der Waals surface area contributed by atoms with Crippen molar-refractivity contribution in [1.82, 2.24) is 10.4 Å². The number of hydrogen-bond donors (Lipinski definition) is 2. The van der Waals surface area contributed by atoms with Gasteiger partial charge < -0.3 is 5.11 Å². The molecule has 2 amide bonds. The van der Waals surface area contributed by atoms with E-state index in [1.54, 1.807) is 24.3 Å². The molecule has 0 fully saturated rings. The first-order valence-corrected chi connectivity index (χ1v) is 6.53. The number of nitrogens with zero attached hydrogens (tertiary/aromatic N) is 1. The van der Waals surface area contributed by atoms with Crippen molar-refractivity contribution in [1.29, 1.82) is 0 Å². The van der Waals surface area contributed by atoms with Gasteiger partial charge in [-0.15, -0.1) is 0 Å². The first kappa shape index (κ1) is 14.2. The number of amides is 2. The van der Waals surface area contributed by atoms with Gasteiger partial charge in [-0.3, -0.25) is 14.4 Å². The Morgan fingerprint density at radius 1 is 1.25 bits per heavy atom. The van der Waals surface area contributed by atoms with E-state index in [1.807, 2.05) is 6.92 Å². The molecule has 106 valence electrons. The van der Waals surface area contributed by atoms with Gasteiger partial charge in [-0.2, -0.15) is 0 Å². The van der Waals surface area contributed by atoms with Gasteiger partial charge in [0.2, 0.25) is 0 Å². The first-order valence-electron chi connectivity index (χ1n) is 6.53. The zero-order chi connectivity index (χ0) is 14.7. The van der Waals surface area contributed by atoms with E-state index < -0.39 is 23.8 Å². The van der Waals surface area contributed by atoms with E-state index >= 15 is 0 Å². The number of hydrogen-bond acceptors (Lipinski definition) is 4. The number of aliphatic carboxylic acids is 1. The minimum absolute atomic E-state index is 0.296. The maximum atomic E-state index is 12.1. The van der Waals surface area contributed by atoms with Crippen LogP contribution in [0.5, 0.6) is 0 Å². The summed E-state index contributed by atoms with van der Waals surface area (Å²) >= 11 is 0. The molecule has 6 nitrogen and oxygen atoms in total. The highest BCUT2D eigenvalue weighted by molar-refractivity contribution is 6.21. The molecule has 0 spiro atoms. The van der Waals surface area contributed by atoms with Gasteiger partial charge in [0.05, 0.1) is 11.1 Å². The normalized spacial score (nSPS) is 15.3. The highest BCUT2D eigenvalue weighted by Gasteiger charge is 2.37. The van der Waals surface area contributed by atoms with Crippen molar-refractivity contribution in [3.8, 4) is 0 Å². The molecule has 1 aromatic rings. The molecule has 1 atom stereocenters. The maximum absolute atomic E-state index is 12.1. The molecule has 0 aromatic heterocycles. The molecule has 1 aliphatic heterocycles. The third kappa shape index (κ3) is 2.55. The molecule has 0 radical (unpaired) electrons. The Hall–Kier alpha value is -2.21. The van der Waals surface area contributed by atoms with Crippen LogP contribution in [0.25, 0.3) is 0 Å². The molecule has 1 aliphatic rings. The van der Waals surface area contributed by atoms with E-state index in [9.17, 15) is 14.4 Å². The Kier molecular flexibility index (Phi) is 4.14. The number of nitrogens with one attached hydrogen (secondary N) is 1. The molecule has 20 heavy (non-hydrogen) atoms. The van der Waals surface area contributed by atoms with Crippen LogP contribution in [-0.2, 0) is 4.79 Å². The van der Waals surface area contributed by atoms with Crippen LogP contribution < -0.4 is 5.43 Å². The molecule has 0 bridgehead atoms. The molecule has 1 heterocycles. The van der Waals surface area contributed by atoms with Gasteiger partial charge in [-0.1, -0.05) is 31.9 Å². The quantitative estimate of drug-likeness (QED) is 0.767. The van der Waals surface area contributed by atoms with Crippen molar-refractivity contribution in [3.05, 3.63) is 35.4 Å². The number of carbonyl (C=O) groups is 3. The number of rotatable bonds is 6. The van der Waals surface area contributed by atoms with Crippen molar-refractivity contribution in [3.63, 3.8) is 0 Å². The van der Waals surface area contributed by atoms with Gasteiger partial charge >= 0.3 is 5.97 Å². The van der Waals surface area contributed by atoms with Gasteiger partial charge in [0.15, 0.2) is 0 Å². The second-order valence-corrected chi connectivity index (χ2v) is 4.65. The highest BCUT2D eigenvalue weighted by atomic mass is 16.4. The second-order valence-electron chi connectivity index (χ2n) is 4.65. The lowest BCUT2D eigenvalue weighted by molar-refractivity contribution is -0.140. The van der Waals surface area contributed by atoms with E-state index in [0.717, 1.165) is 11.4 Å². The Morgan fingerprint density at radius 3 is 2.25 bits per heavy atom. The van der Waals surface area contributed by atoms with Gasteiger partial charge in [-0.25, -0.2) is 10.4 Å². The molecule has 0 aliphatic carbocycles. The van der Waals surface area contributed by atoms with Crippen LogP contribution in [0.15, 0.2) is 24.3 Å². The van der Waals surface area contributed by atoms with Crippen LogP contribution in [0.1, 0.15) is 46.9 Å². The van der Waals surface area contributed by atoms with Crippen LogP contribution in [0.4, 0.5) is 0 Å². The van der Waals surface area contributed by atoms with Crippen molar-refractivity contribution >= 4 is 17.8 Å². The summed E-state index contributed by atoms with van der Waals surface area (Å²) in [6.07, 6.45) is 1.90. The predicted molar refractivity (Wildman–Crippen MR) is 71.0 cm³/mol. The molecule has 1 unspecified atom stereocenters. The van der Waals surface area contributed by atoms with Crippen molar-refractivity contribution < 1.29 is 19.5 Å². The number of carbonyl (C=O) groups excluding carboxylic acids is 2. The number of unbranched alkanes of at least 4 members (excludes halogenated alkanes) is 1. The smallest absolute Gasteiger partial charge is 0.322 e. The summed E-state index contributed by atoms with van der Waals surface area (Å²) in [7, 11) is 0. The second kappa shape index (κ2) is 5.83. The zero-order valence-electron chi connectivity index (χ0n) is 11.1. The standard InChI is InChI=1S/C14H16N2O4/c1-2-3-8-11(14(19)20)15-16-12(17)9-6-4-5-7-10(9)13(16)18/h4-7,11,15H,2-3,8H2,1H3,(H,19,20). The average Bonchev–Trinajstić information content (AvgIpc) is 2.68. The number of carboxylic acids is 1. The summed E-state index contributed by atoms with van der Waals surface area (Å²) in [6, 6.07) is 5.49.